The van der Waals surface area contributed by atoms with E-state index in [0.29, 0.717) is 22.7 Å². The second kappa shape index (κ2) is 6.79. The molecule has 0 saturated heterocycles. The molecule has 3 N–H and O–H groups in total. The zero-order chi connectivity index (χ0) is 17.3. The van der Waals surface area contributed by atoms with E-state index in [-0.39, 0.29) is 23.9 Å². The van der Waals surface area contributed by atoms with Crippen LogP contribution in [0.4, 0.5) is 4.39 Å². The second-order valence-electron chi connectivity index (χ2n) is 5.99. The first-order chi connectivity index (χ1) is 11.5. The van der Waals surface area contributed by atoms with Gasteiger partial charge >= 0.3 is 0 Å². The van der Waals surface area contributed by atoms with E-state index < -0.39 is 5.82 Å². The van der Waals surface area contributed by atoms with E-state index in [0.717, 1.165) is 24.8 Å². The standard InChI is InChI=1S/C18H18ClFN2O2/c19-16-7-15(18(24)6-12(16)8-21)14-5-11(1-4-17(14)20)9-22(10-23)13-2-3-13/h1,4-7,10,13,24H,2-3,8-9,21H2. The van der Waals surface area contributed by atoms with Gasteiger partial charge in [0.15, 0.2) is 0 Å². The maximum atomic E-state index is 14.3. The van der Waals surface area contributed by atoms with Crippen LogP contribution in [0.15, 0.2) is 30.3 Å². The van der Waals surface area contributed by atoms with Gasteiger partial charge in [0.2, 0.25) is 6.41 Å². The van der Waals surface area contributed by atoms with Crippen LogP contribution in [0.25, 0.3) is 11.1 Å². The van der Waals surface area contributed by atoms with E-state index in [1.54, 1.807) is 17.0 Å². The molecule has 1 fully saturated rings. The van der Waals surface area contributed by atoms with Gasteiger partial charge in [-0.3, -0.25) is 4.79 Å². The van der Waals surface area contributed by atoms with E-state index >= 15 is 0 Å². The Morgan fingerprint density at radius 1 is 1.29 bits per heavy atom. The van der Waals surface area contributed by atoms with Crippen molar-refractivity contribution >= 4 is 18.0 Å². The van der Waals surface area contributed by atoms with E-state index in [4.69, 9.17) is 17.3 Å². The van der Waals surface area contributed by atoms with Gasteiger partial charge in [-0.25, -0.2) is 4.39 Å². The predicted octanol–water partition coefficient (Wildman–Crippen LogP) is 3.43. The number of carbonyl (C=O) groups excluding carboxylic acids is 1. The first kappa shape index (κ1) is 16.7. The molecule has 6 heteroatoms. The van der Waals surface area contributed by atoms with Gasteiger partial charge < -0.3 is 15.7 Å². The Bertz CT molecular complexity index is 778. The van der Waals surface area contributed by atoms with Crippen LogP contribution in [-0.2, 0) is 17.9 Å². The SMILES string of the molecule is NCc1cc(O)c(-c2cc(CN(C=O)C3CC3)ccc2F)cc1Cl. The summed E-state index contributed by atoms with van der Waals surface area (Å²) in [6, 6.07) is 7.87. The van der Waals surface area contributed by atoms with Crippen LogP contribution in [0.3, 0.4) is 0 Å². The summed E-state index contributed by atoms with van der Waals surface area (Å²) >= 11 is 6.13. The summed E-state index contributed by atoms with van der Waals surface area (Å²) in [6.07, 6.45) is 2.83. The van der Waals surface area contributed by atoms with Crippen LogP contribution in [0.2, 0.25) is 5.02 Å². The van der Waals surface area contributed by atoms with Crippen LogP contribution in [0.1, 0.15) is 24.0 Å². The topological polar surface area (TPSA) is 66.6 Å². The molecule has 1 saturated carbocycles. The number of rotatable bonds is 6. The summed E-state index contributed by atoms with van der Waals surface area (Å²) in [5.74, 6) is -0.542. The average Bonchev–Trinajstić information content (AvgIpc) is 3.41. The third-order valence-electron chi connectivity index (χ3n) is 4.22. The molecular weight excluding hydrogens is 331 g/mol. The molecular formula is C18H18ClFN2O2. The first-order valence-corrected chi connectivity index (χ1v) is 8.12. The highest BCUT2D eigenvalue weighted by Gasteiger charge is 2.28. The minimum atomic E-state index is -0.463. The molecule has 0 aliphatic heterocycles. The van der Waals surface area contributed by atoms with Gasteiger partial charge in [-0.05, 0) is 48.2 Å². The average molecular weight is 349 g/mol. The lowest BCUT2D eigenvalue weighted by Gasteiger charge is -2.17. The highest BCUT2D eigenvalue weighted by atomic mass is 35.5. The maximum Gasteiger partial charge on any atom is 0.210 e. The number of nitrogens with zero attached hydrogens (tertiary/aromatic N) is 1. The Balaban J connectivity index is 1.97. The lowest BCUT2D eigenvalue weighted by Crippen LogP contribution is -2.23. The fourth-order valence-electron chi connectivity index (χ4n) is 2.72. The molecule has 0 atom stereocenters. The van der Waals surface area contributed by atoms with Crippen molar-refractivity contribution in [2.24, 2.45) is 5.73 Å². The lowest BCUT2D eigenvalue weighted by atomic mass is 9.99. The Morgan fingerprint density at radius 2 is 2.04 bits per heavy atom. The van der Waals surface area contributed by atoms with Crippen molar-refractivity contribution in [2.45, 2.75) is 32.0 Å². The van der Waals surface area contributed by atoms with Gasteiger partial charge in [-0.15, -0.1) is 0 Å². The van der Waals surface area contributed by atoms with E-state index in [1.165, 1.54) is 18.2 Å². The normalized spacial score (nSPS) is 13.8. The Morgan fingerprint density at radius 3 is 2.67 bits per heavy atom. The molecule has 2 aromatic carbocycles. The summed E-state index contributed by atoms with van der Waals surface area (Å²) in [5, 5.41) is 10.6. The number of phenolic OH excluding ortho intramolecular Hbond substituents is 1. The summed E-state index contributed by atoms with van der Waals surface area (Å²) in [5.41, 5.74) is 7.50. The number of carbonyl (C=O) groups is 1. The highest BCUT2D eigenvalue weighted by molar-refractivity contribution is 6.31. The molecule has 0 spiro atoms. The summed E-state index contributed by atoms with van der Waals surface area (Å²) in [6.45, 7) is 0.599. The molecule has 24 heavy (non-hydrogen) atoms. The number of halogens is 2. The van der Waals surface area contributed by atoms with Crippen molar-refractivity contribution in [3.63, 3.8) is 0 Å². The zero-order valence-corrected chi connectivity index (χ0v) is 13.8. The molecule has 0 unspecified atom stereocenters. The molecule has 3 rings (SSSR count). The minimum Gasteiger partial charge on any atom is -0.507 e. The van der Waals surface area contributed by atoms with Crippen molar-refractivity contribution < 1.29 is 14.3 Å². The van der Waals surface area contributed by atoms with Crippen molar-refractivity contribution in [1.29, 1.82) is 0 Å². The molecule has 126 valence electrons. The number of benzene rings is 2. The number of aromatic hydroxyl groups is 1. The maximum absolute atomic E-state index is 14.3. The van der Waals surface area contributed by atoms with Gasteiger partial charge in [0.25, 0.3) is 0 Å². The van der Waals surface area contributed by atoms with Crippen molar-refractivity contribution in [1.82, 2.24) is 4.90 Å². The smallest absolute Gasteiger partial charge is 0.210 e. The fraction of sp³-hybridized carbons (Fsp3) is 0.278. The van der Waals surface area contributed by atoms with Crippen molar-refractivity contribution in [3.05, 3.63) is 52.3 Å². The van der Waals surface area contributed by atoms with Gasteiger partial charge in [0.1, 0.15) is 11.6 Å². The molecule has 1 aliphatic rings. The molecule has 0 bridgehead atoms. The Hall–Kier alpha value is -2.11. The van der Waals surface area contributed by atoms with Crippen LogP contribution in [0.5, 0.6) is 5.75 Å². The Labute approximate surface area is 144 Å². The van der Waals surface area contributed by atoms with Gasteiger partial charge in [-0.2, -0.15) is 0 Å². The molecule has 0 heterocycles. The first-order valence-electron chi connectivity index (χ1n) is 7.74. The molecule has 0 radical (unpaired) electrons. The molecule has 1 aliphatic carbocycles. The molecule has 4 nitrogen and oxygen atoms in total. The largest absolute Gasteiger partial charge is 0.507 e. The van der Waals surface area contributed by atoms with Crippen molar-refractivity contribution in [3.8, 4) is 16.9 Å². The van der Waals surface area contributed by atoms with Crippen LogP contribution in [-0.4, -0.2) is 22.5 Å². The predicted molar refractivity (Wildman–Crippen MR) is 91.0 cm³/mol. The minimum absolute atomic E-state index is 0.0784. The number of hydrogen-bond donors (Lipinski definition) is 2. The zero-order valence-electron chi connectivity index (χ0n) is 13.0. The molecule has 2 aromatic rings. The number of nitrogens with two attached hydrogens (primary N) is 1. The number of phenols is 1. The summed E-state index contributed by atoms with van der Waals surface area (Å²) in [7, 11) is 0. The summed E-state index contributed by atoms with van der Waals surface area (Å²) < 4.78 is 14.3. The third kappa shape index (κ3) is 3.37. The van der Waals surface area contributed by atoms with Gasteiger partial charge in [0, 0.05) is 35.3 Å². The van der Waals surface area contributed by atoms with E-state index in [9.17, 15) is 14.3 Å². The molecule has 0 aromatic heterocycles. The Kier molecular flexibility index (Phi) is 4.73. The second-order valence-corrected chi connectivity index (χ2v) is 6.40. The quantitative estimate of drug-likeness (QED) is 0.786. The summed E-state index contributed by atoms with van der Waals surface area (Å²) in [4.78, 5) is 12.9. The lowest BCUT2D eigenvalue weighted by molar-refractivity contribution is -0.119. The third-order valence-corrected chi connectivity index (χ3v) is 4.57. The van der Waals surface area contributed by atoms with Crippen LogP contribution < -0.4 is 5.73 Å². The van der Waals surface area contributed by atoms with Crippen molar-refractivity contribution in [2.75, 3.05) is 0 Å². The van der Waals surface area contributed by atoms with Gasteiger partial charge in [-0.1, -0.05) is 17.7 Å². The highest BCUT2D eigenvalue weighted by Crippen LogP contribution is 2.36. The number of hydrogen-bond acceptors (Lipinski definition) is 3. The van der Waals surface area contributed by atoms with Gasteiger partial charge in [0.05, 0.1) is 0 Å². The van der Waals surface area contributed by atoms with E-state index in [1.807, 2.05) is 0 Å². The molecule has 1 amide bonds. The van der Waals surface area contributed by atoms with Crippen LogP contribution >= 0.6 is 11.6 Å². The monoisotopic (exact) mass is 348 g/mol. The van der Waals surface area contributed by atoms with Crippen LogP contribution in [0, 0.1) is 5.82 Å². The number of amides is 1. The van der Waals surface area contributed by atoms with E-state index in [2.05, 4.69) is 0 Å². The fourth-order valence-corrected chi connectivity index (χ4v) is 2.96.